The molecule has 2 fully saturated rings. The van der Waals surface area contributed by atoms with Gasteiger partial charge in [0.15, 0.2) is 0 Å². The molecule has 2 aliphatic heterocycles. The summed E-state index contributed by atoms with van der Waals surface area (Å²) in [4.78, 5) is 27.3. The van der Waals surface area contributed by atoms with Gasteiger partial charge in [0.1, 0.15) is 0 Å². The molecule has 2 aliphatic rings. The zero-order chi connectivity index (χ0) is 17.9. The lowest BCUT2D eigenvalue weighted by Crippen LogP contribution is -2.42. The Morgan fingerprint density at radius 3 is 2.33 bits per heavy atom. The Hall–Kier alpha value is -2.37. The summed E-state index contributed by atoms with van der Waals surface area (Å²) in [5.41, 5.74) is 1.98. The van der Waals surface area contributed by atoms with Crippen molar-refractivity contribution in [1.29, 1.82) is 0 Å². The van der Waals surface area contributed by atoms with Crippen LogP contribution in [-0.2, 0) is 0 Å². The molecular formula is C21H24ClN3O2. The standard InChI is InChI=1S/C21H23N3O2.ClH/c25-20(15-4-2-1-3-5-15)23-17-8-6-16(7-9-17)21(26)24-18-10-11-19(24)14-22-13-12-18;/h1-9,18-19,22H,10-14H2,(H,23,25);1H. The summed E-state index contributed by atoms with van der Waals surface area (Å²) >= 11 is 0. The second-order valence-corrected chi connectivity index (χ2v) is 6.99. The second-order valence-electron chi connectivity index (χ2n) is 6.99. The molecule has 5 nitrogen and oxygen atoms in total. The number of hydrogen-bond donors (Lipinski definition) is 2. The molecule has 0 radical (unpaired) electrons. The molecule has 0 aliphatic carbocycles. The van der Waals surface area contributed by atoms with E-state index >= 15 is 0 Å². The van der Waals surface area contributed by atoms with Crippen LogP contribution in [0.15, 0.2) is 54.6 Å². The summed E-state index contributed by atoms with van der Waals surface area (Å²) in [6.07, 6.45) is 3.20. The minimum absolute atomic E-state index is 0. The Bertz CT molecular complexity index is 781. The smallest absolute Gasteiger partial charge is 0.255 e. The van der Waals surface area contributed by atoms with Gasteiger partial charge in [-0.05, 0) is 62.2 Å². The molecule has 0 saturated carbocycles. The number of amides is 2. The monoisotopic (exact) mass is 385 g/mol. The number of carbonyl (C=O) groups excluding carboxylic acids is 2. The molecule has 2 heterocycles. The van der Waals surface area contributed by atoms with Crippen LogP contribution in [0.4, 0.5) is 5.69 Å². The summed E-state index contributed by atoms with van der Waals surface area (Å²) in [6.45, 7) is 1.86. The number of rotatable bonds is 3. The zero-order valence-electron chi connectivity index (χ0n) is 15.1. The maximum absolute atomic E-state index is 13.0. The fraction of sp³-hybridized carbons (Fsp3) is 0.333. The quantitative estimate of drug-likeness (QED) is 0.851. The maximum Gasteiger partial charge on any atom is 0.255 e. The third kappa shape index (κ3) is 4.15. The van der Waals surface area contributed by atoms with E-state index in [1.165, 1.54) is 0 Å². The molecule has 4 rings (SSSR count). The van der Waals surface area contributed by atoms with Gasteiger partial charge in [-0.3, -0.25) is 9.59 Å². The Kier molecular flexibility index (Phi) is 6.14. The van der Waals surface area contributed by atoms with Crippen molar-refractivity contribution in [3.63, 3.8) is 0 Å². The first-order valence-electron chi connectivity index (χ1n) is 9.22. The van der Waals surface area contributed by atoms with Crippen LogP contribution in [0, 0.1) is 0 Å². The second kappa shape index (κ2) is 8.55. The van der Waals surface area contributed by atoms with E-state index in [9.17, 15) is 9.59 Å². The van der Waals surface area contributed by atoms with E-state index in [0.717, 1.165) is 32.4 Å². The Balaban J connectivity index is 0.00000210. The first kappa shape index (κ1) is 19.4. The number of benzene rings is 2. The third-order valence-electron chi connectivity index (χ3n) is 5.31. The summed E-state index contributed by atoms with van der Waals surface area (Å²) in [5, 5.41) is 6.29. The topological polar surface area (TPSA) is 61.4 Å². The van der Waals surface area contributed by atoms with Gasteiger partial charge in [0.25, 0.3) is 11.8 Å². The highest BCUT2D eigenvalue weighted by molar-refractivity contribution is 6.04. The van der Waals surface area contributed by atoms with Gasteiger partial charge in [0.05, 0.1) is 0 Å². The van der Waals surface area contributed by atoms with Crippen molar-refractivity contribution in [2.75, 3.05) is 18.4 Å². The predicted octanol–water partition coefficient (Wildman–Crippen LogP) is 3.33. The molecule has 2 bridgehead atoms. The minimum Gasteiger partial charge on any atom is -0.331 e. The van der Waals surface area contributed by atoms with Crippen LogP contribution in [0.1, 0.15) is 40.0 Å². The molecule has 0 aromatic heterocycles. The fourth-order valence-electron chi connectivity index (χ4n) is 3.95. The highest BCUT2D eigenvalue weighted by Crippen LogP contribution is 2.29. The zero-order valence-corrected chi connectivity index (χ0v) is 15.9. The number of hydrogen-bond acceptors (Lipinski definition) is 3. The van der Waals surface area contributed by atoms with Gasteiger partial charge in [-0.2, -0.15) is 0 Å². The largest absolute Gasteiger partial charge is 0.331 e. The number of nitrogens with one attached hydrogen (secondary N) is 2. The lowest BCUT2D eigenvalue weighted by molar-refractivity contribution is 0.0680. The van der Waals surface area contributed by atoms with Gasteiger partial charge in [0.2, 0.25) is 0 Å². The van der Waals surface area contributed by atoms with Gasteiger partial charge >= 0.3 is 0 Å². The van der Waals surface area contributed by atoms with Crippen LogP contribution < -0.4 is 10.6 Å². The van der Waals surface area contributed by atoms with E-state index < -0.39 is 0 Å². The molecular weight excluding hydrogens is 362 g/mol. The van der Waals surface area contributed by atoms with Crippen LogP contribution in [0.2, 0.25) is 0 Å². The highest BCUT2D eigenvalue weighted by atomic mass is 35.5. The van der Waals surface area contributed by atoms with Crippen molar-refractivity contribution >= 4 is 29.9 Å². The van der Waals surface area contributed by atoms with Crippen molar-refractivity contribution in [2.45, 2.75) is 31.3 Å². The molecule has 0 spiro atoms. The third-order valence-corrected chi connectivity index (χ3v) is 5.31. The molecule has 142 valence electrons. The average Bonchev–Trinajstić information content (AvgIpc) is 2.95. The Morgan fingerprint density at radius 2 is 1.59 bits per heavy atom. The normalized spacial score (nSPS) is 21.1. The van der Waals surface area contributed by atoms with Gasteiger partial charge in [-0.25, -0.2) is 0 Å². The number of fused-ring (bicyclic) bond motifs is 2. The van der Waals surface area contributed by atoms with Crippen molar-refractivity contribution < 1.29 is 9.59 Å². The number of halogens is 1. The van der Waals surface area contributed by atoms with Gasteiger partial charge < -0.3 is 15.5 Å². The van der Waals surface area contributed by atoms with Crippen LogP contribution in [0.5, 0.6) is 0 Å². The summed E-state index contributed by atoms with van der Waals surface area (Å²) in [6, 6.07) is 16.9. The van der Waals surface area contributed by atoms with Crippen molar-refractivity contribution in [3.8, 4) is 0 Å². The average molecular weight is 386 g/mol. The minimum atomic E-state index is -0.152. The van der Waals surface area contributed by atoms with Gasteiger partial charge in [0, 0.05) is 35.4 Å². The lowest BCUT2D eigenvalue weighted by atomic mass is 10.1. The highest BCUT2D eigenvalue weighted by Gasteiger charge is 2.38. The first-order valence-corrected chi connectivity index (χ1v) is 9.22. The van der Waals surface area contributed by atoms with Crippen LogP contribution in [0.25, 0.3) is 0 Å². The summed E-state index contributed by atoms with van der Waals surface area (Å²) in [7, 11) is 0. The maximum atomic E-state index is 13.0. The van der Waals surface area contributed by atoms with Gasteiger partial charge in [-0.15, -0.1) is 12.4 Å². The molecule has 2 saturated heterocycles. The SMILES string of the molecule is Cl.O=C(Nc1ccc(C(=O)N2C3CCNCC2CC3)cc1)c1ccccc1. The molecule has 6 heteroatoms. The molecule has 2 aromatic carbocycles. The molecule has 2 unspecified atom stereocenters. The predicted molar refractivity (Wildman–Crippen MR) is 109 cm³/mol. The van der Waals surface area contributed by atoms with Crippen LogP contribution in [0.3, 0.4) is 0 Å². The van der Waals surface area contributed by atoms with E-state index in [4.69, 9.17) is 0 Å². The van der Waals surface area contributed by atoms with Crippen molar-refractivity contribution in [2.24, 2.45) is 0 Å². The molecule has 2 atom stereocenters. The molecule has 2 N–H and O–H groups in total. The van der Waals surface area contributed by atoms with E-state index in [0.29, 0.717) is 28.9 Å². The van der Waals surface area contributed by atoms with Gasteiger partial charge in [-0.1, -0.05) is 18.2 Å². The number of carbonyl (C=O) groups is 2. The van der Waals surface area contributed by atoms with Crippen LogP contribution >= 0.6 is 12.4 Å². The van der Waals surface area contributed by atoms with E-state index in [-0.39, 0.29) is 24.2 Å². The van der Waals surface area contributed by atoms with E-state index in [2.05, 4.69) is 15.5 Å². The van der Waals surface area contributed by atoms with E-state index in [1.807, 2.05) is 18.2 Å². The molecule has 2 aromatic rings. The first-order chi connectivity index (χ1) is 12.7. The molecule has 27 heavy (non-hydrogen) atoms. The summed E-state index contributed by atoms with van der Waals surface area (Å²) in [5.74, 6) is -0.0524. The number of anilines is 1. The molecule has 2 amide bonds. The number of nitrogens with zero attached hydrogens (tertiary/aromatic N) is 1. The lowest BCUT2D eigenvalue weighted by Gasteiger charge is -2.28. The van der Waals surface area contributed by atoms with Crippen molar-refractivity contribution in [1.82, 2.24) is 10.2 Å². The Labute approximate surface area is 165 Å². The van der Waals surface area contributed by atoms with Crippen molar-refractivity contribution in [3.05, 3.63) is 65.7 Å². The van der Waals surface area contributed by atoms with E-state index in [1.54, 1.807) is 36.4 Å². The van der Waals surface area contributed by atoms with Crippen LogP contribution in [-0.4, -0.2) is 41.9 Å². The summed E-state index contributed by atoms with van der Waals surface area (Å²) < 4.78 is 0. The fourth-order valence-corrected chi connectivity index (χ4v) is 3.95. The Morgan fingerprint density at radius 1 is 0.889 bits per heavy atom.